The van der Waals surface area contributed by atoms with Crippen molar-refractivity contribution >= 4 is 38.9 Å². The third-order valence-electron chi connectivity index (χ3n) is 3.27. The summed E-state index contributed by atoms with van der Waals surface area (Å²) in [5, 5.41) is 0.161. The summed E-state index contributed by atoms with van der Waals surface area (Å²) in [6, 6.07) is 2.92. The van der Waals surface area contributed by atoms with Crippen molar-refractivity contribution < 1.29 is 8.42 Å². The number of rotatable bonds is 6. The average Bonchev–Trinajstić information content (AvgIpc) is 3.11. The fourth-order valence-electron chi connectivity index (χ4n) is 2.12. The SMILES string of the molecule is CCCCN(C1CC1)S(=O)(=O)c1c(Cl)cc(N)cc1Cl. The van der Waals surface area contributed by atoms with Crippen LogP contribution in [0.5, 0.6) is 0 Å². The van der Waals surface area contributed by atoms with Crippen LogP contribution in [0.25, 0.3) is 0 Å². The Labute approximate surface area is 129 Å². The van der Waals surface area contributed by atoms with Crippen molar-refractivity contribution in [1.29, 1.82) is 0 Å². The molecule has 1 fully saturated rings. The largest absolute Gasteiger partial charge is 0.399 e. The van der Waals surface area contributed by atoms with E-state index in [2.05, 4.69) is 0 Å². The second-order valence-corrected chi connectivity index (χ2v) is 7.66. The van der Waals surface area contributed by atoms with Crippen LogP contribution in [0.1, 0.15) is 32.6 Å². The Morgan fingerprint density at radius 2 is 1.85 bits per heavy atom. The molecule has 0 unspecified atom stereocenters. The third kappa shape index (κ3) is 3.22. The van der Waals surface area contributed by atoms with E-state index >= 15 is 0 Å². The Bertz CT molecular complexity index is 577. The highest BCUT2D eigenvalue weighted by Crippen LogP contribution is 2.38. The minimum absolute atomic E-state index is 0.0296. The zero-order valence-corrected chi connectivity index (χ0v) is 13.6. The summed E-state index contributed by atoms with van der Waals surface area (Å²) in [6.07, 6.45) is 3.54. The predicted octanol–water partition coefficient (Wildman–Crippen LogP) is 3.53. The third-order valence-corrected chi connectivity index (χ3v) is 6.15. The fourth-order valence-corrected chi connectivity index (χ4v) is 5.03. The predicted molar refractivity (Wildman–Crippen MR) is 82.7 cm³/mol. The second-order valence-electron chi connectivity index (χ2n) is 5.01. The molecule has 7 heteroatoms. The summed E-state index contributed by atoms with van der Waals surface area (Å²) in [4.78, 5) is -0.0296. The number of unbranched alkanes of at least 4 members (excludes halogenated alkanes) is 1. The van der Waals surface area contributed by atoms with Gasteiger partial charge in [0.15, 0.2) is 0 Å². The van der Waals surface area contributed by atoms with Crippen LogP contribution in [-0.2, 0) is 10.0 Å². The van der Waals surface area contributed by atoms with Crippen molar-refractivity contribution in [3.8, 4) is 0 Å². The minimum atomic E-state index is -3.67. The van der Waals surface area contributed by atoms with Gasteiger partial charge in [0.25, 0.3) is 0 Å². The van der Waals surface area contributed by atoms with Crippen LogP contribution in [0.4, 0.5) is 5.69 Å². The molecule has 0 aliphatic heterocycles. The lowest BCUT2D eigenvalue weighted by atomic mass is 10.3. The van der Waals surface area contributed by atoms with Gasteiger partial charge >= 0.3 is 0 Å². The van der Waals surface area contributed by atoms with Crippen LogP contribution in [0, 0.1) is 0 Å². The molecule has 0 bridgehead atoms. The number of sulfonamides is 1. The van der Waals surface area contributed by atoms with Gasteiger partial charge in [-0.15, -0.1) is 0 Å². The Morgan fingerprint density at radius 1 is 1.30 bits per heavy atom. The minimum Gasteiger partial charge on any atom is -0.399 e. The van der Waals surface area contributed by atoms with E-state index < -0.39 is 10.0 Å². The second kappa shape index (κ2) is 6.10. The van der Waals surface area contributed by atoms with Gasteiger partial charge in [0, 0.05) is 18.3 Å². The lowest BCUT2D eigenvalue weighted by Gasteiger charge is -2.23. The molecule has 2 rings (SSSR count). The Morgan fingerprint density at radius 3 is 2.30 bits per heavy atom. The van der Waals surface area contributed by atoms with Gasteiger partial charge in [-0.25, -0.2) is 8.42 Å². The summed E-state index contributed by atoms with van der Waals surface area (Å²) in [7, 11) is -3.67. The first-order chi connectivity index (χ1) is 9.37. The lowest BCUT2D eigenvalue weighted by Crippen LogP contribution is -2.34. The number of anilines is 1. The average molecular weight is 337 g/mol. The zero-order chi connectivity index (χ0) is 14.9. The summed E-state index contributed by atoms with van der Waals surface area (Å²) in [6.45, 7) is 2.53. The maximum atomic E-state index is 12.8. The van der Waals surface area contributed by atoms with Crippen LogP contribution in [-0.4, -0.2) is 25.3 Å². The number of nitrogens with two attached hydrogens (primary N) is 1. The maximum Gasteiger partial charge on any atom is 0.246 e. The van der Waals surface area contributed by atoms with E-state index in [0.29, 0.717) is 12.2 Å². The number of benzene rings is 1. The molecular weight excluding hydrogens is 319 g/mol. The maximum absolute atomic E-state index is 12.8. The fraction of sp³-hybridized carbons (Fsp3) is 0.538. The molecule has 0 heterocycles. The van der Waals surface area contributed by atoms with E-state index in [1.54, 1.807) is 0 Å². The number of nitrogens with zero attached hydrogens (tertiary/aromatic N) is 1. The number of hydrogen-bond acceptors (Lipinski definition) is 3. The van der Waals surface area contributed by atoms with Crippen molar-refractivity contribution in [2.24, 2.45) is 0 Å². The summed E-state index contributed by atoms with van der Waals surface area (Å²) in [5.41, 5.74) is 5.98. The van der Waals surface area contributed by atoms with Crippen LogP contribution in [0.3, 0.4) is 0 Å². The zero-order valence-electron chi connectivity index (χ0n) is 11.3. The van der Waals surface area contributed by atoms with Crippen molar-refractivity contribution in [1.82, 2.24) is 4.31 Å². The van der Waals surface area contributed by atoms with Crippen LogP contribution in [0.15, 0.2) is 17.0 Å². The van der Waals surface area contributed by atoms with Gasteiger partial charge < -0.3 is 5.73 Å². The topological polar surface area (TPSA) is 63.4 Å². The van der Waals surface area contributed by atoms with Gasteiger partial charge in [-0.05, 0) is 31.4 Å². The molecule has 0 spiro atoms. The van der Waals surface area contributed by atoms with Crippen LogP contribution >= 0.6 is 23.2 Å². The highest BCUT2D eigenvalue weighted by molar-refractivity contribution is 7.89. The van der Waals surface area contributed by atoms with Gasteiger partial charge in [-0.1, -0.05) is 36.5 Å². The van der Waals surface area contributed by atoms with Gasteiger partial charge in [-0.2, -0.15) is 4.31 Å². The van der Waals surface area contributed by atoms with Crippen LogP contribution < -0.4 is 5.73 Å². The van der Waals surface area contributed by atoms with E-state index in [1.807, 2.05) is 6.92 Å². The first-order valence-electron chi connectivity index (χ1n) is 6.64. The van der Waals surface area contributed by atoms with E-state index in [0.717, 1.165) is 25.7 Å². The molecule has 1 aliphatic carbocycles. The van der Waals surface area contributed by atoms with Gasteiger partial charge in [0.2, 0.25) is 10.0 Å². The lowest BCUT2D eigenvalue weighted by molar-refractivity contribution is 0.396. The van der Waals surface area contributed by atoms with Crippen molar-refractivity contribution in [2.75, 3.05) is 12.3 Å². The molecule has 0 saturated heterocycles. The molecule has 0 amide bonds. The molecule has 1 aliphatic rings. The molecule has 1 aromatic rings. The monoisotopic (exact) mass is 336 g/mol. The van der Waals surface area contributed by atoms with Gasteiger partial charge in [0.1, 0.15) is 4.90 Å². The van der Waals surface area contributed by atoms with Gasteiger partial charge in [-0.3, -0.25) is 0 Å². The first-order valence-corrected chi connectivity index (χ1v) is 8.84. The molecule has 0 atom stereocenters. The highest BCUT2D eigenvalue weighted by atomic mass is 35.5. The molecule has 0 radical (unpaired) electrons. The molecule has 2 N–H and O–H groups in total. The molecule has 0 aromatic heterocycles. The molecular formula is C13H18Cl2N2O2S. The summed E-state index contributed by atoms with van der Waals surface area (Å²) < 4.78 is 27.1. The molecule has 1 aromatic carbocycles. The standard InChI is InChI=1S/C13H18Cl2N2O2S/c1-2-3-6-17(10-4-5-10)20(18,19)13-11(14)7-9(16)8-12(13)15/h7-8,10H,2-6,16H2,1H3. The van der Waals surface area contributed by atoms with Crippen molar-refractivity contribution in [2.45, 2.75) is 43.5 Å². The first kappa shape index (κ1) is 15.9. The van der Waals surface area contributed by atoms with Crippen molar-refractivity contribution in [3.05, 3.63) is 22.2 Å². The smallest absolute Gasteiger partial charge is 0.246 e. The number of halogens is 2. The van der Waals surface area contributed by atoms with E-state index in [4.69, 9.17) is 28.9 Å². The van der Waals surface area contributed by atoms with Crippen molar-refractivity contribution in [3.63, 3.8) is 0 Å². The molecule has 112 valence electrons. The number of nitrogen functional groups attached to an aromatic ring is 1. The number of hydrogen-bond donors (Lipinski definition) is 1. The normalized spacial score (nSPS) is 15.8. The molecule has 1 saturated carbocycles. The van der Waals surface area contributed by atoms with E-state index in [1.165, 1.54) is 16.4 Å². The molecule has 4 nitrogen and oxygen atoms in total. The van der Waals surface area contributed by atoms with Crippen LogP contribution in [0.2, 0.25) is 10.0 Å². The highest BCUT2D eigenvalue weighted by Gasteiger charge is 2.39. The molecule has 20 heavy (non-hydrogen) atoms. The Balaban J connectivity index is 2.42. The summed E-state index contributed by atoms with van der Waals surface area (Å²) >= 11 is 12.1. The quantitative estimate of drug-likeness (QED) is 0.808. The summed E-state index contributed by atoms with van der Waals surface area (Å²) in [5.74, 6) is 0. The van der Waals surface area contributed by atoms with E-state index in [9.17, 15) is 8.42 Å². The van der Waals surface area contributed by atoms with E-state index in [-0.39, 0.29) is 21.0 Å². The van der Waals surface area contributed by atoms with Gasteiger partial charge in [0.05, 0.1) is 10.0 Å². The Kier molecular flexibility index (Phi) is 4.84. The Hall–Kier alpha value is -0.490.